The van der Waals surface area contributed by atoms with E-state index in [0.29, 0.717) is 18.6 Å². The molecule has 1 saturated heterocycles. The number of anilines is 1. The fourth-order valence-corrected chi connectivity index (χ4v) is 4.34. The Morgan fingerprint density at radius 1 is 1.41 bits per heavy atom. The molecule has 1 aromatic carbocycles. The maximum absolute atomic E-state index is 12.0. The number of ether oxygens (including phenoxy) is 1. The lowest BCUT2D eigenvalue weighted by Crippen LogP contribution is -2.28. The number of hydrogen-bond donors (Lipinski definition) is 2. The average molecular weight is 415 g/mol. The van der Waals surface area contributed by atoms with Gasteiger partial charge in [0.25, 0.3) is 0 Å². The Morgan fingerprint density at radius 2 is 2.22 bits per heavy atom. The molecule has 2 aromatic rings. The molecule has 3 atom stereocenters. The van der Waals surface area contributed by atoms with Crippen molar-refractivity contribution in [1.82, 2.24) is 9.55 Å². The van der Waals surface area contributed by atoms with Gasteiger partial charge in [-0.3, -0.25) is 9.09 Å². The molecule has 0 bridgehead atoms. The second-order valence-corrected chi connectivity index (χ2v) is 8.23. The zero-order valence-electron chi connectivity index (χ0n) is 14.2. The van der Waals surface area contributed by atoms with Crippen LogP contribution >= 0.6 is 19.8 Å². The summed E-state index contributed by atoms with van der Waals surface area (Å²) in [5.41, 5.74) is 5.83. The van der Waals surface area contributed by atoms with Gasteiger partial charge in [-0.2, -0.15) is 9.88 Å². The Balaban J connectivity index is 1.37. The first-order valence-electron chi connectivity index (χ1n) is 8.31. The van der Waals surface area contributed by atoms with Gasteiger partial charge in [0.05, 0.1) is 11.1 Å². The van der Waals surface area contributed by atoms with Crippen LogP contribution in [0.4, 0.5) is 5.82 Å². The lowest BCUT2D eigenvalue weighted by Gasteiger charge is -2.22. The van der Waals surface area contributed by atoms with E-state index in [1.165, 1.54) is 10.8 Å². The summed E-state index contributed by atoms with van der Waals surface area (Å²) in [7, 11) is -3.46. The Bertz CT molecular complexity index is 912. The molecule has 4 rings (SSSR count). The van der Waals surface area contributed by atoms with Gasteiger partial charge in [-0.05, 0) is 18.9 Å². The van der Waals surface area contributed by atoms with E-state index in [1.807, 2.05) is 18.2 Å². The van der Waals surface area contributed by atoms with Crippen LogP contribution in [0.1, 0.15) is 24.6 Å². The highest BCUT2D eigenvalue weighted by Gasteiger charge is 2.51. The number of nitrogen functional groups attached to an aromatic ring is 1. The number of nitrogens with two attached hydrogens (primary N) is 1. The minimum atomic E-state index is -3.46. The Labute approximate surface area is 160 Å². The van der Waals surface area contributed by atoms with Crippen LogP contribution in [0.25, 0.3) is 0 Å². The lowest BCUT2D eigenvalue weighted by molar-refractivity contribution is -0.0300. The predicted molar refractivity (Wildman–Crippen MR) is 98.0 cm³/mol. The molecule has 11 heteroatoms. The van der Waals surface area contributed by atoms with Crippen LogP contribution in [0.2, 0.25) is 5.02 Å². The number of hydrogen-bond acceptors (Lipinski definition) is 8. The molecule has 2 aliphatic rings. The summed E-state index contributed by atoms with van der Waals surface area (Å²) in [5, 5.41) is 0.181. The maximum atomic E-state index is 12.0. The standard InChI is InChI=1S/C16H17ClN3O6P/c17-12-7-20(16(21)19-15(12)18)14-6-5-11(25-14)9-24-27(22)23-8-10-3-1-2-4-13(10)26-27/h1-4,7,11,14,22H,5-6,8-9H2,(H-,18,19,21)/p+1. The normalized spacial score (nSPS) is 27.2. The first-order chi connectivity index (χ1) is 12.9. The number of para-hydroxylation sites is 1. The summed E-state index contributed by atoms with van der Waals surface area (Å²) in [6.07, 6.45) is 1.72. The molecule has 3 heterocycles. The van der Waals surface area contributed by atoms with E-state index in [0.717, 1.165) is 5.56 Å². The molecule has 3 N–H and O–H groups in total. The molecular formula is C16H18ClN3O6P+. The van der Waals surface area contributed by atoms with Crippen molar-refractivity contribution in [3.05, 3.63) is 51.5 Å². The molecule has 0 saturated carbocycles. The minimum absolute atomic E-state index is 0.0188. The van der Waals surface area contributed by atoms with E-state index in [9.17, 15) is 9.69 Å². The number of rotatable bonds is 4. The van der Waals surface area contributed by atoms with Gasteiger partial charge in [-0.1, -0.05) is 29.8 Å². The van der Waals surface area contributed by atoms with Crippen LogP contribution in [0.5, 0.6) is 5.75 Å². The van der Waals surface area contributed by atoms with E-state index in [2.05, 4.69) is 4.98 Å². The predicted octanol–water partition coefficient (Wildman–Crippen LogP) is 2.45. The first kappa shape index (κ1) is 18.6. The van der Waals surface area contributed by atoms with Crippen molar-refractivity contribution in [2.45, 2.75) is 31.8 Å². The van der Waals surface area contributed by atoms with E-state index < -0.39 is 20.1 Å². The number of aromatic nitrogens is 2. The fourth-order valence-electron chi connectivity index (χ4n) is 2.93. The smallest absolute Gasteiger partial charge is 0.382 e. The summed E-state index contributed by atoms with van der Waals surface area (Å²) in [6.45, 7) is 0.271. The van der Waals surface area contributed by atoms with Crippen LogP contribution in [-0.2, 0) is 20.4 Å². The molecule has 1 aromatic heterocycles. The quantitative estimate of drug-likeness (QED) is 0.732. The topological polar surface area (TPSA) is 118 Å². The highest BCUT2D eigenvalue weighted by Crippen LogP contribution is 2.61. The molecule has 0 amide bonds. The van der Waals surface area contributed by atoms with Gasteiger partial charge >= 0.3 is 13.9 Å². The summed E-state index contributed by atoms with van der Waals surface area (Å²) in [4.78, 5) is 26.1. The number of halogens is 1. The Kier molecular flexibility index (Phi) is 5.07. The number of nitrogens with zero attached hydrogens (tertiary/aromatic N) is 2. The monoisotopic (exact) mass is 414 g/mol. The zero-order chi connectivity index (χ0) is 19.0. The molecule has 0 spiro atoms. The molecule has 144 valence electrons. The molecule has 0 radical (unpaired) electrons. The largest absolute Gasteiger partial charge is 0.619 e. The number of fused-ring (bicyclic) bond motifs is 1. The molecule has 3 unspecified atom stereocenters. The van der Waals surface area contributed by atoms with Gasteiger partial charge in [0.2, 0.25) is 0 Å². The highest BCUT2D eigenvalue weighted by atomic mass is 35.5. The summed E-state index contributed by atoms with van der Waals surface area (Å²) >= 11 is 5.93. The summed E-state index contributed by atoms with van der Waals surface area (Å²) < 4.78 is 23.5. The van der Waals surface area contributed by atoms with Crippen molar-refractivity contribution in [2.24, 2.45) is 0 Å². The van der Waals surface area contributed by atoms with Crippen molar-refractivity contribution in [2.75, 3.05) is 12.3 Å². The maximum Gasteiger partial charge on any atom is 0.619 e. The van der Waals surface area contributed by atoms with Crippen molar-refractivity contribution in [1.29, 1.82) is 0 Å². The number of benzene rings is 1. The minimum Gasteiger partial charge on any atom is -0.382 e. The fraction of sp³-hybridized carbons (Fsp3) is 0.375. The average Bonchev–Trinajstić information content (AvgIpc) is 3.12. The van der Waals surface area contributed by atoms with Crippen LogP contribution in [0.15, 0.2) is 35.3 Å². The molecular weight excluding hydrogens is 397 g/mol. The highest BCUT2D eigenvalue weighted by molar-refractivity contribution is 7.55. The third kappa shape index (κ3) is 3.94. The van der Waals surface area contributed by atoms with Crippen LogP contribution in [0, 0.1) is 0 Å². The SMILES string of the molecule is Nc1nc(=O)n(C2CCC(CO[P+]3(O)OCc4ccccc4O3)O2)cc1Cl. The van der Waals surface area contributed by atoms with Gasteiger partial charge in [0.1, 0.15) is 25.3 Å². The zero-order valence-corrected chi connectivity index (χ0v) is 15.8. The van der Waals surface area contributed by atoms with E-state index in [1.54, 1.807) is 6.07 Å². The van der Waals surface area contributed by atoms with Crippen LogP contribution < -0.4 is 15.9 Å². The molecule has 2 aliphatic heterocycles. The molecule has 1 fully saturated rings. The van der Waals surface area contributed by atoms with Crippen molar-refractivity contribution in [3.8, 4) is 5.75 Å². The Morgan fingerprint density at radius 3 is 3.07 bits per heavy atom. The van der Waals surface area contributed by atoms with Crippen molar-refractivity contribution < 1.29 is 23.2 Å². The lowest BCUT2D eigenvalue weighted by atomic mass is 10.2. The third-order valence-electron chi connectivity index (χ3n) is 4.32. The van der Waals surface area contributed by atoms with Gasteiger partial charge in [-0.25, -0.2) is 4.79 Å². The third-order valence-corrected chi connectivity index (χ3v) is 5.97. The van der Waals surface area contributed by atoms with Gasteiger partial charge < -0.3 is 10.5 Å². The van der Waals surface area contributed by atoms with E-state index in [-0.39, 0.29) is 30.2 Å². The molecule has 9 nitrogen and oxygen atoms in total. The first-order valence-corrected chi connectivity index (χ1v) is 10.2. The molecule has 27 heavy (non-hydrogen) atoms. The Hall–Kier alpha value is -1.74. The van der Waals surface area contributed by atoms with E-state index >= 15 is 0 Å². The van der Waals surface area contributed by atoms with Crippen molar-refractivity contribution in [3.63, 3.8) is 0 Å². The van der Waals surface area contributed by atoms with Crippen LogP contribution in [0.3, 0.4) is 0 Å². The van der Waals surface area contributed by atoms with Gasteiger partial charge in [-0.15, -0.1) is 9.05 Å². The second-order valence-electron chi connectivity index (χ2n) is 6.19. The molecule has 0 aliphatic carbocycles. The van der Waals surface area contributed by atoms with E-state index in [4.69, 9.17) is 35.6 Å². The van der Waals surface area contributed by atoms with Gasteiger partial charge in [0, 0.05) is 11.8 Å². The van der Waals surface area contributed by atoms with Crippen molar-refractivity contribution >= 4 is 25.6 Å². The summed E-state index contributed by atoms with van der Waals surface area (Å²) in [5.74, 6) is 0.522. The van der Waals surface area contributed by atoms with Crippen LogP contribution in [-0.4, -0.2) is 27.2 Å². The second kappa shape index (κ2) is 7.35. The van der Waals surface area contributed by atoms with Gasteiger partial charge in [0.15, 0.2) is 5.75 Å². The summed E-state index contributed by atoms with van der Waals surface area (Å²) in [6, 6.07) is 7.27.